The van der Waals surface area contributed by atoms with Gasteiger partial charge in [0.15, 0.2) is 5.82 Å². The molecule has 2 aromatic rings. The fourth-order valence-corrected chi connectivity index (χ4v) is 2.98. The van der Waals surface area contributed by atoms with Crippen molar-refractivity contribution in [2.24, 2.45) is 11.6 Å². The Hall–Kier alpha value is -3.08. The van der Waals surface area contributed by atoms with Gasteiger partial charge in [-0.1, -0.05) is 17.7 Å². The molecule has 2 rings (SSSR count). The fourth-order valence-electron chi connectivity index (χ4n) is 2.58. The number of aromatic nitrogens is 2. The van der Waals surface area contributed by atoms with Crippen molar-refractivity contribution in [3.63, 3.8) is 0 Å². The predicted molar refractivity (Wildman–Crippen MR) is 122 cm³/mol. The zero-order chi connectivity index (χ0) is 23.7. The average Bonchev–Trinajstić information content (AvgIpc) is 2.77. The van der Waals surface area contributed by atoms with E-state index in [1.54, 1.807) is 31.2 Å². The highest BCUT2D eigenvalue weighted by atomic mass is 35.5. The molecule has 0 radical (unpaired) electrons. The number of rotatable bonds is 9. The largest absolute Gasteiger partial charge is 0.441 e. The molecule has 10 nitrogen and oxygen atoms in total. The second-order valence-electron chi connectivity index (χ2n) is 6.66. The van der Waals surface area contributed by atoms with Crippen LogP contribution < -0.4 is 22.2 Å². The van der Waals surface area contributed by atoms with E-state index in [0.717, 1.165) is 5.01 Å². The Morgan fingerprint density at radius 2 is 2.03 bits per heavy atom. The van der Waals surface area contributed by atoms with Crippen molar-refractivity contribution in [1.82, 2.24) is 25.6 Å². The molecule has 172 valence electrons. The first-order valence-electron chi connectivity index (χ1n) is 9.61. The van der Waals surface area contributed by atoms with Gasteiger partial charge in [0, 0.05) is 37.4 Å². The van der Waals surface area contributed by atoms with Crippen LogP contribution in [0, 0.1) is 0 Å². The van der Waals surface area contributed by atoms with Crippen molar-refractivity contribution in [1.29, 1.82) is 0 Å². The van der Waals surface area contributed by atoms with E-state index in [1.165, 1.54) is 19.4 Å². The molecule has 0 fully saturated rings. The molecule has 2 heterocycles. The molecule has 2 amide bonds. The van der Waals surface area contributed by atoms with Crippen LogP contribution >= 0.6 is 23.2 Å². The summed E-state index contributed by atoms with van der Waals surface area (Å²) < 4.78 is 5.35. The van der Waals surface area contributed by atoms with Gasteiger partial charge in [0.25, 0.3) is 5.91 Å². The Morgan fingerprint density at radius 1 is 1.28 bits per heavy atom. The Morgan fingerprint density at radius 3 is 2.62 bits per heavy atom. The molecular weight excluding hydrogens is 457 g/mol. The molecular formula is C20H25Cl2N7O3. The van der Waals surface area contributed by atoms with Crippen LogP contribution in [-0.4, -0.2) is 46.4 Å². The molecule has 1 unspecified atom stereocenters. The summed E-state index contributed by atoms with van der Waals surface area (Å²) in [4.78, 5) is 32.6. The lowest BCUT2D eigenvalue weighted by atomic mass is 10.2. The predicted octanol–water partition coefficient (Wildman–Crippen LogP) is 2.37. The van der Waals surface area contributed by atoms with Crippen molar-refractivity contribution in [3.8, 4) is 0 Å². The fraction of sp³-hybridized carbons (Fsp3) is 0.300. The molecule has 0 aliphatic heterocycles. The number of halogens is 2. The van der Waals surface area contributed by atoms with Crippen molar-refractivity contribution in [2.75, 3.05) is 19.5 Å². The SMILES string of the molecule is CC(OC(=O)N/C(=C(/N)c1ccc(C(=O)NCCCCl)cn1)N(C)N)c1cccnc1Cl. The monoisotopic (exact) mass is 481 g/mol. The van der Waals surface area contributed by atoms with Gasteiger partial charge in [-0.2, -0.15) is 0 Å². The highest BCUT2D eigenvalue weighted by Gasteiger charge is 2.19. The zero-order valence-corrected chi connectivity index (χ0v) is 19.2. The molecule has 0 aromatic carbocycles. The second kappa shape index (κ2) is 12.1. The topological polar surface area (TPSA) is 148 Å². The number of nitrogens with two attached hydrogens (primary N) is 2. The maximum Gasteiger partial charge on any atom is 0.413 e. The summed E-state index contributed by atoms with van der Waals surface area (Å²) in [7, 11) is 1.49. The normalized spacial score (nSPS) is 12.4. The van der Waals surface area contributed by atoms with Gasteiger partial charge in [-0.15, -0.1) is 11.6 Å². The van der Waals surface area contributed by atoms with E-state index in [2.05, 4.69) is 20.6 Å². The standard InChI is InChI=1S/C20H25Cl2N7O3/c1-12(14-5-3-9-25-17(14)22)32-20(31)28-18(29(2)24)16(23)15-7-6-13(11-27-15)19(30)26-10-4-8-21/h3,5-7,9,11-12H,4,8,10,23-24H2,1-2H3,(H,26,30)(H,28,31)/b18-16-. The molecule has 32 heavy (non-hydrogen) atoms. The summed E-state index contributed by atoms with van der Waals surface area (Å²) in [6, 6.07) is 6.48. The highest BCUT2D eigenvalue weighted by molar-refractivity contribution is 6.30. The van der Waals surface area contributed by atoms with Gasteiger partial charge in [0.1, 0.15) is 17.0 Å². The van der Waals surface area contributed by atoms with Crippen LogP contribution in [0.5, 0.6) is 0 Å². The Labute approximate surface area is 195 Å². The van der Waals surface area contributed by atoms with Gasteiger partial charge in [-0.05, 0) is 31.5 Å². The zero-order valence-electron chi connectivity index (χ0n) is 17.6. The van der Waals surface area contributed by atoms with Gasteiger partial charge >= 0.3 is 6.09 Å². The van der Waals surface area contributed by atoms with E-state index in [0.29, 0.717) is 35.7 Å². The number of nitrogens with one attached hydrogen (secondary N) is 2. The third-order valence-corrected chi connectivity index (χ3v) is 4.82. The first-order valence-corrected chi connectivity index (χ1v) is 10.5. The van der Waals surface area contributed by atoms with Crippen molar-refractivity contribution in [2.45, 2.75) is 19.4 Å². The van der Waals surface area contributed by atoms with Gasteiger partial charge in [0.05, 0.1) is 11.3 Å². The molecule has 6 N–H and O–H groups in total. The summed E-state index contributed by atoms with van der Waals surface area (Å²) in [5.74, 6) is 6.06. The Balaban J connectivity index is 2.12. The molecule has 0 saturated heterocycles. The van der Waals surface area contributed by atoms with Gasteiger partial charge in [-0.25, -0.2) is 15.6 Å². The Kier molecular flexibility index (Phi) is 9.51. The number of hydrogen-bond acceptors (Lipinski definition) is 8. The van der Waals surface area contributed by atoms with Crippen LogP contribution in [0.25, 0.3) is 5.70 Å². The quantitative estimate of drug-likeness (QED) is 0.140. The third-order valence-electron chi connectivity index (χ3n) is 4.24. The summed E-state index contributed by atoms with van der Waals surface area (Å²) in [6.45, 7) is 2.11. The number of nitrogens with zero attached hydrogens (tertiary/aromatic N) is 3. The molecule has 0 saturated carbocycles. The maximum absolute atomic E-state index is 12.4. The number of pyridine rings is 2. The van der Waals surface area contributed by atoms with Crippen LogP contribution in [0.3, 0.4) is 0 Å². The molecule has 1 atom stereocenters. The number of alkyl halides is 1. The molecule has 0 aliphatic rings. The number of hydrazine groups is 1. The van der Waals surface area contributed by atoms with Crippen molar-refractivity contribution in [3.05, 3.63) is 64.5 Å². The minimum atomic E-state index is -0.803. The molecule has 0 aliphatic carbocycles. The number of carbonyl (C=O) groups excluding carboxylic acids is 2. The molecule has 12 heteroatoms. The van der Waals surface area contributed by atoms with Gasteiger partial charge in [-0.3, -0.25) is 20.1 Å². The number of amides is 2. The minimum absolute atomic E-state index is 0.0614. The van der Waals surface area contributed by atoms with Crippen LogP contribution in [0.1, 0.15) is 41.1 Å². The van der Waals surface area contributed by atoms with Crippen LogP contribution in [0.15, 0.2) is 42.5 Å². The summed E-state index contributed by atoms with van der Waals surface area (Å²) in [5, 5.41) is 6.58. The lowest BCUT2D eigenvalue weighted by molar-refractivity contribution is 0.0953. The third kappa shape index (κ3) is 6.98. The summed E-state index contributed by atoms with van der Waals surface area (Å²) in [5.41, 5.74) is 7.44. The lowest BCUT2D eigenvalue weighted by Crippen LogP contribution is -2.39. The molecule has 0 bridgehead atoms. The number of alkyl carbamates (subject to hydrolysis) is 1. The van der Waals surface area contributed by atoms with E-state index < -0.39 is 12.2 Å². The van der Waals surface area contributed by atoms with Gasteiger partial charge < -0.3 is 15.8 Å². The smallest absolute Gasteiger partial charge is 0.413 e. The number of ether oxygens (including phenoxy) is 1. The van der Waals surface area contributed by atoms with E-state index in [9.17, 15) is 9.59 Å². The van der Waals surface area contributed by atoms with E-state index >= 15 is 0 Å². The van der Waals surface area contributed by atoms with E-state index in [4.69, 9.17) is 39.5 Å². The summed E-state index contributed by atoms with van der Waals surface area (Å²) in [6.07, 6.45) is 2.09. The highest BCUT2D eigenvalue weighted by Crippen LogP contribution is 2.23. The maximum atomic E-state index is 12.4. The van der Waals surface area contributed by atoms with E-state index in [-0.39, 0.29) is 22.6 Å². The van der Waals surface area contributed by atoms with Crippen LogP contribution in [-0.2, 0) is 4.74 Å². The average molecular weight is 482 g/mol. The van der Waals surface area contributed by atoms with E-state index in [1.807, 2.05) is 0 Å². The molecule has 0 spiro atoms. The van der Waals surface area contributed by atoms with Crippen molar-refractivity contribution >= 4 is 40.9 Å². The number of hydrogen-bond donors (Lipinski definition) is 4. The van der Waals surface area contributed by atoms with Crippen molar-refractivity contribution < 1.29 is 14.3 Å². The number of carbonyl (C=O) groups is 2. The minimum Gasteiger partial charge on any atom is -0.441 e. The first-order chi connectivity index (χ1) is 15.2. The lowest BCUT2D eigenvalue weighted by Gasteiger charge is -2.21. The first kappa shape index (κ1) is 25.2. The van der Waals surface area contributed by atoms with Gasteiger partial charge in [0.2, 0.25) is 0 Å². The second-order valence-corrected chi connectivity index (χ2v) is 7.40. The van der Waals surface area contributed by atoms with Crippen LogP contribution in [0.4, 0.5) is 4.79 Å². The van der Waals surface area contributed by atoms with Crippen LogP contribution in [0.2, 0.25) is 5.15 Å². The summed E-state index contributed by atoms with van der Waals surface area (Å²) >= 11 is 11.6. The Bertz CT molecular complexity index is 968. The molecule has 2 aromatic heterocycles.